The molecule has 0 spiro atoms. The van der Waals surface area contributed by atoms with E-state index in [4.69, 9.17) is 0 Å². The van der Waals surface area contributed by atoms with E-state index >= 15 is 0 Å². The van der Waals surface area contributed by atoms with Crippen molar-refractivity contribution < 1.29 is 13.2 Å². The first-order valence-electron chi connectivity index (χ1n) is 5.56. The van der Waals surface area contributed by atoms with Gasteiger partial charge < -0.3 is 9.88 Å². The number of rotatable bonds is 3. The highest BCUT2D eigenvalue weighted by Crippen LogP contribution is 2.17. The number of nitrogens with zero attached hydrogens (tertiary/aromatic N) is 1. The number of amides is 1. The Morgan fingerprint density at radius 3 is 2.88 bits per heavy atom. The van der Waals surface area contributed by atoms with Crippen LogP contribution in [0.15, 0.2) is 18.3 Å². The van der Waals surface area contributed by atoms with E-state index in [1.165, 1.54) is 0 Å². The van der Waals surface area contributed by atoms with Crippen molar-refractivity contribution in [1.82, 2.24) is 9.88 Å². The molecule has 0 saturated carbocycles. The number of H-pyrrole nitrogens is 1. The van der Waals surface area contributed by atoms with Crippen LogP contribution in [0, 0.1) is 0 Å². The second-order valence-electron chi connectivity index (χ2n) is 4.43. The van der Waals surface area contributed by atoms with E-state index in [0.29, 0.717) is 12.8 Å². The number of aromatic amines is 1. The van der Waals surface area contributed by atoms with Gasteiger partial charge in [-0.25, -0.2) is 8.42 Å². The molecule has 1 amide bonds. The van der Waals surface area contributed by atoms with Crippen LogP contribution in [-0.4, -0.2) is 48.8 Å². The SMILES string of the molecule is CN(C(=O)Cc1ccc[nH]1)C1CCS(=O)(=O)C1. The molecule has 6 heteroatoms. The summed E-state index contributed by atoms with van der Waals surface area (Å²) in [6.07, 6.45) is 2.61. The fraction of sp³-hybridized carbons (Fsp3) is 0.545. The molecule has 1 aromatic rings. The van der Waals surface area contributed by atoms with Crippen LogP contribution in [-0.2, 0) is 21.1 Å². The van der Waals surface area contributed by atoms with Gasteiger partial charge in [-0.3, -0.25) is 4.79 Å². The molecule has 94 valence electrons. The number of hydrogen-bond acceptors (Lipinski definition) is 3. The van der Waals surface area contributed by atoms with Crippen LogP contribution >= 0.6 is 0 Å². The van der Waals surface area contributed by atoms with Crippen LogP contribution in [0.4, 0.5) is 0 Å². The predicted molar refractivity (Wildman–Crippen MR) is 64.3 cm³/mol. The number of aromatic nitrogens is 1. The number of hydrogen-bond donors (Lipinski definition) is 1. The molecule has 1 atom stereocenters. The molecule has 1 unspecified atom stereocenters. The number of likely N-dealkylation sites (N-methyl/N-ethyl adjacent to an activating group) is 1. The molecule has 1 aliphatic rings. The molecular formula is C11H16N2O3S. The molecule has 5 nitrogen and oxygen atoms in total. The van der Waals surface area contributed by atoms with E-state index in [2.05, 4.69) is 4.98 Å². The standard InChI is InChI=1S/C11H16N2O3S/c1-13(10-4-6-17(15,16)8-10)11(14)7-9-3-2-5-12-9/h2-3,5,10,12H,4,6-8H2,1H3. The zero-order valence-electron chi connectivity index (χ0n) is 9.72. The monoisotopic (exact) mass is 256 g/mol. The molecule has 2 rings (SSSR count). The highest BCUT2D eigenvalue weighted by atomic mass is 32.2. The average molecular weight is 256 g/mol. The number of carbonyl (C=O) groups is 1. The Hall–Kier alpha value is -1.30. The van der Waals surface area contributed by atoms with Gasteiger partial charge in [-0.2, -0.15) is 0 Å². The molecule has 0 aromatic carbocycles. The Morgan fingerprint density at radius 1 is 1.59 bits per heavy atom. The summed E-state index contributed by atoms with van der Waals surface area (Å²) in [5, 5.41) is 0. The van der Waals surface area contributed by atoms with Gasteiger partial charge in [0, 0.05) is 25.0 Å². The van der Waals surface area contributed by atoms with Crippen LogP contribution in [0.25, 0.3) is 0 Å². The van der Waals surface area contributed by atoms with Crippen LogP contribution in [0.1, 0.15) is 12.1 Å². The summed E-state index contributed by atoms with van der Waals surface area (Å²) < 4.78 is 22.7. The van der Waals surface area contributed by atoms with E-state index in [-0.39, 0.29) is 23.5 Å². The summed E-state index contributed by atoms with van der Waals surface area (Å²) in [7, 11) is -1.26. The summed E-state index contributed by atoms with van der Waals surface area (Å²) in [4.78, 5) is 16.4. The van der Waals surface area contributed by atoms with Crippen LogP contribution < -0.4 is 0 Å². The van der Waals surface area contributed by atoms with Gasteiger partial charge in [0.2, 0.25) is 5.91 Å². The zero-order valence-corrected chi connectivity index (χ0v) is 10.5. The first-order chi connectivity index (χ1) is 7.98. The first kappa shape index (κ1) is 12.2. The lowest BCUT2D eigenvalue weighted by molar-refractivity contribution is -0.130. The largest absolute Gasteiger partial charge is 0.365 e. The van der Waals surface area contributed by atoms with E-state index in [1.807, 2.05) is 12.1 Å². The van der Waals surface area contributed by atoms with Crippen molar-refractivity contribution in [2.75, 3.05) is 18.6 Å². The van der Waals surface area contributed by atoms with Crippen molar-refractivity contribution in [2.24, 2.45) is 0 Å². The van der Waals surface area contributed by atoms with Gasteiger partial charge in [0.15, 0.2) is 9.84 Å². The molecule has 0 radical (unpaired) electrons. The lowest BCUT2D eigenvalue weighted by Crippen LogP contribution is -2.38. The maximum Gasteiger partial charge on any atom is 0.228 e. The van der Waals surface area contributed by atoms with Crippen molar-refractivity contribution in [3.8, 4) is 0 Å². The number of sulfone groups is 1. The smallest absolute Gasteiger partial charge is 0.228 e. The molecule has 1 N–H and O–H groups in total. The Labute approximate surface area is 101 Å². The Balaban J connectivity index is 1.96. The maximum atomic E-state index is 11.9. The Morgan fingerprint density at radius 2 is 2.35 bits per heavy atom. The molecule has 1 saturated heterocycles. The van der Waals surface area contributed by atoms with E-state index in [1.54, 1.807) is 18.1 Å². The topological polar surface area (TPSA) is 70.2 Å². The third kappa shape index (κ3) is 2.88. The third-order valence-corrected chi connectivity index (χ3v) is 4.90. The average Bonchev–Trinajstić information content (AvgIpc) is 2.86. The van der Waals surface area contributed by atoms with Crippen molar-refractivity contribution >= 4 is 15.7 Å². The first-order valence-corrected chi connectivity index (χ1v) is 7.38. The summed E-state index contributed by atoms with van der Waals surface area (Å²) >= 11 is 0. The normalized spacial score (nSPS) is 22.5. The fourth-order valence-electron chi connectivity index (χ4n) is 2.05. The van der Waals surface area contributed by atoms with Gasteiger partial charge >= 0.3 is 0 Å². The molecular weight excluding hydrogens is 240 g/mol. The van der Waals surface area contributed by atoms with Crippen LogP contribution in [0.5, 0.6) is 0 Å². The fourth-order valence-corrected chi connectivity index (χ4v) is 3.82. The van der Waals surface area contributed by atoms with Crippen molar-refractivity contribution in [1.29, 1.82) is 0 Å². The minimum absolute atomic E-state index is 0.0467. The molecule has 17 heavy (non-hydrogen) atoms. The third-order valence-electron chi connectivity index (χ3n) is 3.15. The van der Waals surface area contributed by atoms with Gasteiger partial charge in [-0.05, 0) is 18.6 Å². The Kier molecular flexibility index (Phi) is 3.24. The highest BCUT2D eigenvalue weighted by molar-refractivity contribution is 7.91. The van der Waals surface area contributed by atoms with Gasteiger partial charge in [0.05, 0.1) is 17.9 Å². The minimum atomic E-state index is -2.94. The molecule has 1 aliphatic heterocycles. The van der Waals surface area contributed by atoms with E-state index < -0.39 is 9.84 Å². The maximum absolute atomic E-state index is 11.9. The van der Waals surface area contributed by atoms with Crippen molar-refractivity contribution in [3.05, 3.63) is 24.0 Å². The number of carbonyl (C=O) groups excluding carboxylic acids is 1. The van der Waals surface area contributed by atoms with Gasteiger partial charge in [-0.1, -0.05) is 0 Å². The van der Waals surface area contributed by atoms with E-state index in [9.17, 15) is 13.2 Å². The second-order valence-corrected chi connectivity index (χ2v) is 6.66. The summed E-state index contributed by atoms with van der Waals surface area (Å²) in [6.45, 7) is 0. The highest BCUT2D eigenvalue weighted by Gasteiger charge is 2.32. The lowest BCUT2D eigenvalue weighted by atomic mass is 10.2. The molecule has 0 bridgehead atoms. The van der Waals surface area contributed by atoms with Crippen molar-refractivity contribution in [2.45, 2.75) is 18.9 Å². The molecule has 1 fully saturated rings. The molecule has 0 aliphatic carbocycles. The van der Waals surface area contributed by atoms with Gasteiger partial charge in [0.1, 0.15) is 0 Å². The minimum Gasteiger partial charge on any atom is -0.365 e. The van der Waals surface area contributed by atoms with Gasteiger partial charge in [0.25, 0.3) is 0 Å². The second kappa shape index (κ2) is 4.52. The quantitative estimate of drug-likeness (QED) is 0.840. The van der Waals surface area contributed by atoms with Crippen LogP contribution in [0.3, 0.4) is 0 Å². The van der Waals surface area contributed by atoms with Crippen LogP contribution in [0.2, 0.25) is 0 Å². The molecule has 2 heterocycles. The van der Waals surface area contributed by atoms with E-state index in [0.717, 1.165) is 5.69 Å². The number of nitrogens with one attached hydrogen (secondary N) is 1. The predicted octanol–water partition coefficient (Wildman–Crippen LogP) is 0.203. The summed E-state index contributed by atoms with van der Waals surface area (Å²) in [5.41, 5.74) is 0.850. The zero-order chi connectivity index (χ0) is 12.5. The lowest BCUT2D eigenvalue weighted by Gasteiger charge is -2.23. The van der Waals surface area contributed by atoms with Gasteiger partial charge in [-0.15, -0.1) is 0 Å². The Bertz CT molecular complexity index is 493. The summed E-state index contributed by atoms with van der Waals surface area (Å²) in [5.74, 6) is 0.243. The molecule has 1 aromatic heterocycles. The summed E-state index contributed by atoms with van der Waals surface area (Å²) in [6, 6.07) is 3.52. The van der Waals surface area contributed by atoms with Crippen molar-refractivity contribution in [3.63, 3.8) is 0 Å².